The van der Waals surface area contributed by atoms with Crippen molar-refractivity contribution in [2.75, 3.05) is 7.11 Å². The molecule has 1 aromatic heterocycles. The van der Waals surface area contributed by atoms with Gasteiger partial charge in [-0.2, -0.15) is 0 Å². The van der Waals surface area contributed by atoms with Crippen molar-refractivity contribution < 1.29 is 14.6 Å². The van der Waals surface area contributed by atoms with Gasteiger partial charge in [-0.05, 0) is 61.9 Å². The van der Waals surface area contributed by atoms with Crippen LogP contribution in [0.3, 0.4) is 0 Å². The highest BCUT2D eigenvalue weighted by Gasteiger charge is 2.25. The fourth-order valence-electron chi connectivity index (χ4n) is 4.79. The van der Waals surface area contributed by atoms with Crippen LogP contribution in [0.4, 0.5) is 0 Å². The summed E-state index contributed by atoms with van der Waals surface area (Å²) < 4.78 is 7.35. The first kappa shape index (κ1) is 21.2. The van der Waals surface area contributed by atoms with E-state index >= 15 is 0 Å². The minimum Gasteiger partial charge on any atom is -0.497 e. The summed E-state index contributed by atoms with van der Waals surface area (Å²) in [6.45, 7) is 5.10. The van der Waals surface area contributed by atoms with Crippen LogP contribution in [0.15, 0.2) is 48.5 Å². The van der Waals surface area contributed by atoms with Crippen LogP contribution in [0.5, 0.6) is 5.75 Å². The monoisotopic (exact) mass is 418 g/mol. The zero-order valence-electron chi connectivity index (χ0n) is 18.4. The Labute approximate surface area is 183 Å². The van der Waals surface area contributed by atoms with Gasteiger partial charge >= 0.3 is 5.97 Å². The van der Waals surface area contributed by atoms with Crippen LogP contribution in [-0.4, -0.2) is 22.8 Å². The number of nitrogens with zero attached hydrogens (tertiary/aromatic N) is 1. The minimum atomic E-state index is -0.866. The van der Waals surface area contributed by atoms with Crippen LogP contribution >= 0.6 is 0 Å². The highest BCUT2D eigenvalue weighted by molar-refractivity contribution is 5.91. The summed E-state index contributed by atoms with van der Waals surface area (Å²) in [4.78, 5) is 12.1. The van der Waals surface area contributed by atoms with Gasteiger partial charge in [0.25, 0.3) is 0 Å². The van der Waals surface area contributed by atoms with Gasteiger partial charge in [-0.1, -0.05) is 36.4 Å². The van der Waals surface area contributed by atoms with E-state index in [4.69, 9.17) is 4.74 Å². The molecule has 4 rings (SSSR count). The molecule has 0 radical (unpaired) electrons. The number of aromatic nitrogens is 1. The first-order chi connectivity index (χ1) is 15.0. The molecule has 162 valence electrons. The molecule has 0 spiro atoms. The Morgan fingerprint density at radius 1 is 1.13 bits per heavy atom. The molecule has 1 aliphatic rings. The van der Waals surface area contributed by atoms with Crippen LogP contribution in [0.25, 0.3) is 0 Å². The van der Waals surface area contributed by atoms with Crippen molar-refractivity contribution in [1.29, 1.82) is 0 Å². The minimum absolute atomic E-state index is 0.260. The number of carboxylic acids is 1. The van der Waals surface area contributed by atoms with Crippen molar-refractivity contribution in [1.82, 2.24) is 9.88 Å². The Balaban J connectivity index is 1.60. The van der Waals surface area contributed by atoms with E-state index in [1.807, 2.05) is 38.1 Å². The number of fused-ring (bicyclic) bond motifs is 1. The summed E-state index contributed by atoms with van der Waals surface area (Å²) in [5.74, 6) is -0.0523. The molecule has 1 heterocycles. The van der Waals surface area contributed by atoms with Crippen LogP contribution in [0, 0.1) is 13.8 Å². The van der Waals surface area contributed by atoms with Crippen molar-refractivity contribution in [3.8, 4) is 5.75 Å². The lowest BCUT2D eigenvalue weighted by Crippen LogP contribution is -2.25. The average molecular weight is 419 g/mol. The molecule has 2 N–H and O–H groups in total. The molecule has 31 heavy (non-hydrogen) atoms. The molecular weight excluding hydrogens is 388 g/mol. The number of ether oxygens (including phenoxy) is 1. The smallest absolute Gasteiger partial charge is 0.337 e. The van der Waals surface area contributed by atoms with Crippen LogP contribution in [0.1, 0.15) is 62.9 Å². The Morgan fingerprint density at radius 2 is 1.87 bits per heavy atom. The zero-order valence-corrected chi connectivity index (χ0v) is 18.4. The van der Waals surface area contributed by atoms with Gasteiger partial charge in [0.2, 0.25) is 0 Å². The maximum Gasteiger partial charge on any atom is 0.337 e. The van der Waals surface area contributed by atoms with E-state index in [0.29, 0.717) is 18.7 Å². The molecule has 5 heteroatoms. The summed E-state index contributed by atoms with van der Waals surface area (Å²) in [7, 11) is 1.65. The van der Waals surface area contributed by atoms with Crippen molar-refractivity contribution in [3.63, 3.8) is 0 Å². The Hall–Kier alpha value is -3.05. The highest BCUT2D eigenvalue weighted by atomic mass is 16.5. The molecule has 0 aliphatic heterocycles. The van der Waals surface area contributed by atoms with E-state index in [1.54, 1.807) is 7.11 Å². The van der Waals surface area contributed by atoms with Gasteiger partial charge in [0.1, 0.15) is 5.75 Å². The quantitative estimate of drug-likeness (QED) is 0.565. The zero-order chi connectivity index (χ0) is 22.0. The number of carboxylic acid groups (broad SMARTS) is 1. The first-order valence-electron chi connectivity index (χ1n) is 10.9. The Bertz CT molecular complexity index is 1080. The molecule has 1 aliphatic carbocycles. The predicted molar refractivity (Wildman–Crippen MR) is 122 cm³/mol. The lowest BCUT2D eigenvalue weighted by molar-refractivity contribution is 0.0694. The maximum atomic E-state index is 12.1. The molecular formula is C26H30N2O3. The summed E-state index contributed by atoms with van der Waals surface area (Å²) >= 11 is 0. The number of methoxy groups -OCH3 is 1. The van der Waals surface area contributed by atoms with E-state index in [-0.39, 0.29) is 6.04 Å². The fraction of sp³-hybridized carbons (Fsp3) is 0.346. The lowest BCUT2D eigenvalue weighted by atomic mass is 9.87. The number of benzene rings is 2. The van der Waals surface area contributed by atoms with Crippen molar-refractivity contribution in [3.05, 3.63) is 87.7 Å². The molecule has 5 nitrogen and oxygen atoms in total. The number of aryl methyl sites for hydroxylation is 1. The second kappa shape index (κ2) is 8.98. The molecule has 0 amide bonds. The van der Waals surface area contributed by atoms with Crippen molar-refractivity contribution in [2.45, 2.75) is 52.2 Å². The number of carbonyl (C=O) groups is 1. The third-order valence-corrected chi connectivity index (χ3v) is 6.52. The van der Waals surface area contributed by atoms with E-state index in [2.05, 4.69) is 34.1 Å². The average Bonchev–Trinajstić information content (AvgIpc) is 3.02. The van der Waals surface area contributed by atoms with Crippen LogP contribution in [0.2, 0.25) is 0 Å². The highest BCUT2D eigenvalue weighted by Crippen LogP contribution is 2.31. The molecule has 0 saturated heterocycles. The van der Waals surface area contributed by atoms with Crippen LogP contribution < -0.4 is 10.1 Å². The van der Waals surface area contributed by atoms with Crippen LogP contribution in [-0.2, 0) is 19.5 Å². The number of rotatable bonds is 7. The molecule has 0 bridgehead atoms. The summed E-state index contributed by atoms with van der Waals surface area (Å²) in [6, 6.07) is 16.7. The topological polar surface area (TPSA) is 63.5 Å². The number of hydrogen-bond acceptors (Lipinski definition) is 3. The van der Waals surface area contributed by atoms with Crippen molar-refractivity contribution >= 4 is 5.97 Å². The van der Waals surface area contributed by atoms with Crippen molar-refractivity contribution in [2.24, 2.45) is 0 Å². The van der Waals surface area contributed by atoms with Gasteiger partial charge < -0.3 is 19.7 Å². The first-order valence-corrected chi connectivity index (χ1v) is 10.9. The number of hydrogen-bond donors (Lipinski definition) is 2. The Kier molecular flexibility index (Phi) is 6.14. The van der Waals surface area contributed by atoms with E-state index in [1.165, 1.54) is 11.1 Å². The van der Waals surface area contributed by atoms with Gasteiger partial charge in [0.15, 0.2) is 0 Å². The van der Waals surface area contributed by atoms with Gasteiger partial charge in [0, 0.05) is 36.1 Å². The predicted octanol–water partition coefficient (Wildman–Crippen LogP) is 5.03. The van der Waals surface area contributed by atoms with E-state index in [9.17, 15) is 9.90 Å². The van der Waals surface area contributed by atoms with Gasteiger partial charge in [0.05, 0.1) is 12.7 Å². The lowest BCUT2D eigenvalue weighted by Gasteiger charge is -2.26. The summed E-state index contributed by atoms with van der Waals surface area (Å²) in [5.41, 5.74) is 6.94. The molecule has 1 atom stereocenters. The maximum absolute atomic E-state index is 12.1. The van der Waals surface area contributed by atoms with Gasteiger partial charge in [-0.15, -0.1) is 0 Å². The third kappa shape index (κ3) is 4.23. The molecule has 0 saturated carbocycles. The molecule has 0 fully saturated rings. The van der Waals surface area contributed by atoms with E-state index in [0.717, 1.165) is 47.5 Å². The molecule has 3 aromatic rings. The second-order valence-electron chi connectivity index (χ2n) is 8.29. The van der Waals surface area contributed by atoms with Gasteiger partial charge in [-0.3, -0.25) is 0 Å². The SMILES string of the molecule is COc1ccc(Cn2c(C)c(CN[C@H]3CCCc4ccccc43)c(C(=O)O)c2C)cc1. The molecule has 2 aromatic carbocycles. The largest absolute Gasteiger partial charge is 0.497 e. The second-order valence-corrected chi connectivity index (χ2v) is 8.29. The fourth-order valence-corrected chi connectivity index (χ4v) is 4.79. The summed E-state index contributed by atoms with van der Waals surface area (Å²) in [5, 5.41) is 13.6. The third-order valence-electron chi connectivity index (χ3n) is 6.52. The molecule has 0 unspecified atom stereocenters. The summed E-state index contributed by atoms with van der Waals surface area (Å²) in [6.07, 6.45) is 3.34. The number of nitrogens with one attached hydrogen (secondary N) is 1. The van der Waals surface area contributed by atoms with E-state index < -0.39 is 5.97 Å². The normalized spacial score (nSPS) is 15.5. The number of aromatic carboxylic acids is 1. The Morgan fingerprint density at radius 3 is 2.58 bits per heavy atom. The standard InChI is InChI=1S/C26H30N2O3/c1-17-23(15-27-24-10-6-8-20-7-4-5-9-22(20)24)25(26(29)30)18(2)28(17)16-19-11-13-21(31-3)14-12-19/h4-5,7,9,11-14,24,27H,6,8,10,15-16H2,1-3H3,(H,29,30)/t24-/m0/s1. The van der Waals surface area contributed by atoms with Gasteiger partial charge in [-0.25, -0.2) is 4.79 Å².